The van der Waals surface area contributed by atoms with Crippen LogP contribution in [0.1, 0.15) is 44.6 Å². The largest absolute Gasteiger partial charge is 0.508 e. The summed E-state index contributed by atoms with van der Waals surface area (Å²) in [5, 5.41) is 12.8. The zero-order valence-corrected chi connectivity index (χ0v) is 13.0. The van der Waals surface area contributed by atoms with Crippen molar-refractivity contribution >= 4 is 7.85 Å². The molecule has 0 amide bonds. The Labute approximate surface area is 129 Å². The molecule has 1 aliphatic carbocycles. The van der Waals surface area contributed by atoms with Gasteiger partial charge in [0.1, 0.15) is 5.75 Å². The molecule has 4 N–H and O–H groups in total. The van der Waals surface area contributed by atoms with E-state index in [1.165, 1.54) is 5.56 Å². The van der Waals surface area contributed by atoms with Crippen molar-refractivity contribution < 1.29 is 5.11 Å². The molecule has 2 radical (unpaired) electrons. The molecule has 0 heterocycles. The molecule has 1 aromatic carbocycles. The van der Waals surface area contributed by atoms with Gasteiger partial charge in [0, 0.05) is 18.1 Å². The Kier molecular flexibility index (Phi) is 5.71. The van der Waals surface area contributed by atoms with Crippen LogP contribution in [0.25, 0.3) is 0 Å². The van der Waals surface area contributed by atoms with Crippen LogP contribution in [0, 0.1) is 5.92 Å². The molecule has 1 unspecified atom stereocenters. The first kappa shape index (κ1) is 16.4. The molecule has 0 aromatic heterocycles. The Morgan fingerprint density at radius 2 is 1.95 bits per heavy atom. The lowest BCUT2D eigenvalue weighted by Crippen LogP contribution is -2.54. The van der Waals surface area contributed by atoms with Gasteiger partial charge in [-0.1, -0.05) is 31.3 Å². The van der Waals surface area contributed by atoms with Crippen LogP contribution in [0.4, 0.5) is 0 Å². The van der Waals surface area contributed by atoms with Crippen LogP contribution >= 0.6 is 0 Å². The molecule has 1 aromatic rings. The molecule has 114 valence electrons. The van der Waals surface area contributed by atoms with E-state index in [4.69, 9.17) is 13.6 Å². The molecule has 2 rings (SSSR count). The summed E-state index contributed by atoms with van der Waals surface area (Å²) < 4.78 is 0. The van der Waals surface area contributed by atoms with Crippen molar-refractivity contribution in [3.05, 3.63) is 29.8 Å². The van der Waals surface area contributed by atoms with Gasteiger partial charge < -0.3 is 16.2 Å². The number of aromatic hydroxyl groups is 1. The minimum Gasteiger partial charge on any atom is -0.508 e. The topological polar surface area (TPSA) is 58.3 Å². The zero-order chi connectivity index (χ0) is 15.3. The number of unbranched alkanes of at least 4 members (excludes halogenated alkanes) is 1. The second-order valence-electron chi connectivity index (χ2n) is 6.66. The SMILES string of the molecule is [B]CCCCC(C)(N)C1CC(NCc2ccc(O)cc2)C1. The summed E-state index contributed by atoms with van der Waals surface area (Å²) in [4.78, 5) is 0. The molecule has 1 atom stereocenters. The first-order valence-electron chi connectivity index (χ1n) is 8.01. The molecular formula is C17H27BN2O. The first-order chi connectivity index (χ1) is 10.0. The Balaban J connectivity index is 1.67. The van der Waals surface area contributed by atoms with Gasteiger partial charge in [-0.2, -0.15) is 0 Å². The molecular weight excluding hydrogens is 259 g/mol. The fraction of sp³-hybridized carbons (Fsp3) is 0.647. The molecule has 1 aliphatic rings. The standard InChI is InChI=1S/C17H27BN2O/c1-17(19,8-2-3-9-18)14-10-15(11-14)20-12-13-4-6-16(21)7-5-13/h4-7,14-15,20-21H,2-3,8-12,19H2,1H3. The summed E-state index contributed by atoms with van der Waals surface area (Å²) in [6, 6.07) is 7.95. The molecule has 21 heavy (non-hydrogen) atoms. The number of nitrogens with one attached hydrogen (secondary N) is 1. The van der Waals surface area contributed by atoms with Crippen molar-refractivity contribution in [1.29, 1.82) is 0 Å². The number of hydrogen-bond donors (Lipinski definition) is 3. The van der Waals surface area contributed by atoms with E-state index in [0.717, 1.165) is 45.0 Å². The average Bonchev–Trinajstić information content (AvgIpc) is 2.39. The molecule has 0 spiro atoms. The molecule has 0 bridgehead atoms. The van der Waals surface area contributed by atoms with Crippen LogP contribution in [0.15, 0.2) is 24.3 Å². The van der Waals surface area contributed by atoms with Crippen molar-refractivity contribution in [3.63, 3.8) is 0 Å². The summed E-state index contributed by atoms with van der Waals surface area (Å²) in [6.07, 6.45) is 6.35. The third-order valence-corrected chi connectivity index (χ3v) is 4.77. The fourth-order valence-corrected chi connectivity index (χ4v) is 3.05. The Morgan fingerprint density at radius 1 is 1.29 bits per heavy atom. The maximum absolute atomic E-state index is 9.26. The van der Waals surface area contributed by atoms with Gasteiger partial charge in [0.2, 0.25) is 0 Å². The molecule has 1 fully saturated rings. The minimum atomic E-state index is -0.0497. The van der Waals surface area contributed by atoms with Gasteiger partial charge >= 0.3 is 0 Å². The molecule has 4 heteroatoms. The maximum Gasteiger partial charge on any atom is 0.115 e. The van der Waals surface area contributed by atoms with Crippen LogP contribution in [0.5, 0.6) is 5.75 Å². The van der Waals surface area contributed by atoms with E-state index in [9.17, 15) is 5.11 Å². The lowest BCUT2D eigenvalue weighted by molar-refractivity contribution is 0.123. The summed E-state index contributed by atoms with van der Waals surface area (Å²) in [7, 11) is 5.54. The predicted octanol–water partition coefficient (Wildman–Crippen LogP) is 2.73. The fourth-order valence-electron chi connectivity index (χ4n) is 3.05. The summed E-state index contributed by atoms with van der Waals surface area (Å²) in [5.74, 6) is 0.937. The quantitative estimate of drug-likeness (QED) is 0.509. The Hall–Kier alpha value is -0.995. The second-order valence-corrected chi connectivity index (χ2v) is 6.66. The Morgan fingerprint density at radius 3 is 2.57 bits per heavy atom. The molecule has 1 saturated carbocycles. The summed E-state index contributed by atoms with van der Waals surface area (Å²) in [5.41, 5.74) is 7.61. The van der Waals surface area contributed by atoms with Crippen LogP contribution in [-0.2, 0) is 6.54 Å². The lowest BCUT2D eigenvalue weighted by Gasteiger charge is -2.46. The van der Waals surface area contributed by atoms with Gasteiger partial charge in [-0.3, -0.25) is 0 Å². The smallest absolute Gasteiger partial charge is 0.115 e. The van der Waals surface area contributed by atoms with Gasteiger partial charge in [0.05, 0.1) is 7.85 Å². The van der Waals surface area contributed by atoms with Crippen LogP contribution in [-0.4, -0.2) is 24.5 Å². The van der Waals surface area contributed by atoms with Gasteiger partial charge in [0.15, 0.2) is 0 Å². The van der Waals surface area contributed by atoms with Crippen LogP contribution in [0.3, 0.4) is 0 Å². The highest BCUT2D eigenvalue weighted by Gasteiger charge is 2.39. The van der Waals surface area contributed by atoms with E-state index in [2.05, 4.69) is 12.2 Å². The zero-order valence-electron chi connectivity index (χ0n) is 13.0. The summed E-state index contributed by atoms with van der Waals surface area (Å²) in [6.45, 7) is 3.04. The third kappa shape index (κ3) is 4.75. The lowest BCUT2D eigenvalue weighted by atomic mass is 9.67. The highest BCUT2D eigenvalue weighted by molar-refractivity contribution is 6.08. The number of nitrogens with two attached hydrogens (primary N) is 1. The van der Waals surface area contributed by atoms with Crippen molar-refractivity contribution in [2.24, 2.45) is 11.7 Å². The van der Waals surface area contributed by atoms with Gasteiger partial charge in [0.25, 0.3) is 0 Å². The number of hydrogen-bond acceptors (Lipinski definition) is 3. The molecule has 0 saturated heterocycles. The number of phenolic OH excluding ortho intramolecular Hbond substituents is 1. The van der Waals surface area contributed by atoms with E-state index in [1.54, 1.807) is 12.1 Å². The highest BCUT2D eigenvalue weighted by atomic mass is 16.3. The predicted molar refractivity (Wildman–Crippen MR) is 88.5 cm³/mol. The second kappa shape index (κ2) is 7.32. The number of phenols is 1. The van der Waals surface area contributed by atoms with Gasteiger partial charge in [-0.25, -0.2) is 0 Å². The van der Waals surface area contributed by atoms with Crippen molar-refractivity contribution in [2.75, 3.05) is 0 Å². The van der Waals surface area contributed by atoms with Gasteiger partial charge in [-0.15, -0.1) is 0 Å². The number of benzene rings is 1. The van der Waals surface area contributed by atoms with Gasteiger partial charge in [-0.05, 0) is 49.8 Å². The Bertz CT molecular complexity index is 427. The first-order valence-corrected chi connectivity index (χ1v) is 8.01. The van der Waals surface area contributed by atoms with Crippen molar-refractivity contribution in [3.8, 4) is 5.75 Å². The van der Waals surface area contributed by atoms with E-state index < -0.39 is 0 Å². The third-order valence-electron chi connectivity index (χ3n) is 4.77. The maximum atomic E-state index is 9.26. The normalized spacial score (nSPS) is 24.3. The highest BCUT2D eigenvalue weighted by Crippen LogP contribution is 2.37. The van der Waals surface area contributed by atoms with Crippen LogP contribution < -0.4 is 11.1 Å². The van der Waals surface area contributed by atoms with E-state index >= 15 is 0 Å². The molecule has 3 nitrogen and oxygen atoms in total. The van der Waals surface area contributed by atoms with Crippen molar-refractivity contribution in [1.82, 2.24) is 5.32 Å². The molecule has 0 aliphatic heterocycles. The van der Waals surface area contributed by atoms with E-state index in [0.29, 0.717) is 17.7 Å². The monoisotopic (exact) mass is 286 g/mol. The van der Waals surface area contributed by atoms with E-state index in [-0.39, 0.29) is 5.54 Å². The minimum absolute atomic E-state index is 0.0497. The van der Waals surface area contributed by atoms with Crippen molar-refractivity contribution in [2.45, 2.75) is 63.5 Å². The summed E-state index contributed by atoms with van der Waals surface area (Å²) >= 11 is 0. The number of rotatable bonds is 8. The van der Waals surface area contributed by atoms with E-state index in [1.807, 2.05) is 12.1 Å². The average molecular weight is 286 g/mol. The van der Waals surface area contributed by atoms with Crippen LogP contribution in [0.2, 0.25) is 6.32 Å².